The second-order valence-electron chi connectivity index (χ2n) is 1.86. The van der Waals surface area contributed by atoms with E-state index >= 15 is 0 Å². The molecule has 3 nitrogen and oxygen atoms in total. The summed E-state index contributed by atoms with van der Waals surface area (Å²) in [6, 6.07) is 0. The van der Waals surface area contributed by atoms with E-state index in [0.29, 0.717) is 0 Å². The van der Waals surface area contributed by atoms with E-state index in [1.165, 1.54) is 0 Å². The van der Waals surface area contributed by atoms with Gasteiger partial charge >= 0.3 is 0 Å². The molecular weight excluding hydrogens is 114 g/mol. The molecule has 1 heterocycles. The van der Waals surface area contributed by atoms with Gasteiger partial charge in [-0.15, -0.1) is 0 Å². The smallest absolute Gasteiger partial charge is 0.0825 e. The van der Waals surface area contributed by atoms with Crippen LogP contribution in [0.15, 0.2) is 0 Å². The van der Waals surface area contributed by atoms with Gasteiger partial charge in [-0.25, -0.2) is 0 Å². The van der Waals surface area contributed by atoms with Gasteiger partial charge in [0.1, 0.15) is 0 Å². The number of hydrogen-bond donors (Lipinski definition) is 0. The molecule has 0 aliphatic heterocycles. The van der Waals surface area contributed by atoms with Crippen molar-refractivity contribution in [3.05, 3.63) is 11.4 Å². The largest absolute Gasteiger partial charge is 0.188 e. The topological polar surface area (TPSA) is 30.7 Å². The molecule has 0 radical (unpaired) electrons. The van der Waals surface area contributed by atoms with E-state index in [0.717, 1.165) is 11.4 Å². The molecule has 1 aromatic heterocycles. The monoisotopic (exact) mass is 127 g/mol. The van der Waals surface area contributed by atoms with Crippen molar-refractivity contribution in [1.82, 2.24) is 15.0 Å². The zero-order chi connectivity index (χ0) is 6.15. The zero-order valence-electron chi connectivity index (χ0n) is 5.34. The van der Waals surface area contributed by atoms with Crippen LogP contribution in [0.1, 0.15) is 18.8 Å². The fourth-order valence-corrected chi connectivity index (χ4v) is 0.601. The lowest BCUT2D eigenvalue weighted by molar-refractivity contribution is 0.646. The molecule has 3 heteroatoms. The fraction of sp³-hybridized carbons (Fsp3) is 0.667. The van der Waals surface area contributed by atoms with Crippen molar-refractivity contribution in [3.8, 4) is 0 Å². The first-order valence-electron chi connectivity index (χ1n) is 2.54. The number of hydrogen-bond acceptors (Lipinski definition) is 2. The highest BCUT2D eigenvalue weighted by atomic mass is 15.5. The highest BCUT2D eigenvalue weighted by Gasteiger charge is 1.94. The van der Waals surface area contributed by atoms with Crippen molar-refractivity contribution in [2.75, 3.05) is 0 Å². The summed E-state index contributed by atoms with van der Waals surface area (Å²) in [5.41, 5.74) is 2.01. The average molecular weight is 127 g/mol. The van der Waals surface area contributed by atoms with Crippen molar-refractivity contribution in [3.63, 3.8) is 0 Å². The number of aryl methyl sites for hydroxylation is 3. The van der Waals surface area contributed by atoms with Crippen LogP contribution in [0.4, 0.5) is 0 Å². The van der Waals surface area contributed by atoms with Gasteiger partial charge in [-0.05, 0) is 13.8 Å². The highest BCUT2D eigenvalue weighted by molar-refractivity contribution is 5.02. The van der Waals surface area contributed by atoms with Gasteiger partial charge in [0.25, 0.3) is 0 Å². The van der Waals surface area contributed by atoms with Crippen LogP contribution in [-0.2, 0) is 7.05 Å². The quantitative estimate of drug-likeness (QED) is 0.522. The Balaban J connectivity index is 0.000000640. The third-order valence-corrected chi connectivity index (χ3v) is 1.11. The summed E-state index contributed by atoms with van der Waals surface area (Å²) >= 11 is 0. The van der Waals surface area contributed by atoms with E-state index in [4.69, 9.17) is 0 Å². The minimum absolute atomic E-state index is 0. The molecule has 0 saturated heterocycles. The number of rotatable bonds is 0. The second-order valence-corrected chi connectivity index (χ2v) is 1.86. The normalized spacial score (nSPS) is 8.78. The van der Waals surface area contributed by atoms with Crippen molar-refractivity contribution in [2.24, 2.45) is 7.05 Å². The van der Waals surface area contributed by atoms with Crippen LogP contribution in [0, 0.1) is 13.8 Å². The van der Waals surface area contributed by atoms with E-state index < -0.39 is 0 Å². The van der Waals surface area contributed by atoms with Crippen molar-refractivity contribution >= 4 is 0 Å². The molecule has 0 aliphatic rings. The molecule has 0 atom stereocenters. The zero-order valence-corrected chi connectivity index (χ0v) is 5.34. The maximum atomic E-state index is 4.02. The molecule has 0 fully saturated rings. The molecule has 1 aromatic rings. The van der Waals surface area contributed by atoms with Gasteiger partial charge in [0, 0.05) is 7.05 Å². The summed E-state index contributed by atoms with van der Waals surface area (Å²) in [4.78, 5) is 1.57. The lowest BCUT2D eigenvalue weighted by Crippen LogP contribution is -1.91. The summed E-state index contributed by atoms with van der Waals surface area (Å²) < 4.78 is 0. The van der Waals surface area contributed by atoms with E-state index in [2.05, 4.69) is 10.2 Å². The standard InChI is InChI=1S/C5H9N3.CH4/c1-4-5(2)7-8(3)6-4;/h1-3H3;1H4. The van der Waals surface area contributed by atoms with Gasteiger partial charge in [0.05, 0.1) is 11.4 Å². The second kappa shape index (κ2) is 2.62. The molecule has 0 aliphatic carbocycles. The molecule has 0 amide bonds. The minimum atomic E-state index is 0. The van der Waals surface area contributed by atoms with E-state index in [9.17, 15) is 0 Å². The summed E-state index contributed by atoms with van der Waals surface area (Å²) in [5, 5.41) is 8.03. The van der Waals surface area contributed by atoms with Crippen LogP contribution in [0.25, 0.3) is 0 Å². The molecule has 1 rings (SSSR count). The SMILES string of the molecule is C.Cc1nn(C)nc1C. The van der Waals surface area contributed by atoms with Gasteiger partial charge in [-0.1, -0.05) is 7.43 Å². The van der Waals surface area contributed by atoms with Crippen LogP contribution in [0.2, 0.25) is 0 Å². The van der Waals surface area contributed by atoms with Gasteiger partial charge < -0.3 is 0 Å². The molecule has 0 unspecified atom stereocenters. The maximum Gasteiger partial charge on any atom is 0.0825 e. The van der Waals surface area contributed by atoms with Crippen LogP contribution in [-0.4, -0.2) is 15.0 Å². The first-order chi connectivity index (χ1) is 3.70. The summed E-state index contributed by atoms with van der Waals surface area (Å²) in [6.45, 7) is 3.89. The predicted octanol–water partition coefficient (Wildman–Crippen LogP) is 1.07. The third kappa shape index (κ3) is 1.52. The van der Waals surface area contributed by atoms with Gasteiger partial charge in [-0.2, -0.15) is 15.0 Å². The van der Waals surface area contributed by atoms with Gasteiger partial charge in [0.2, 0.25) is 0 Å². The Morgan fingerprint density at radius 1 is 1.11 bits per heavy atom. The van der Waals surface area contributed by atoms with E-state index in [-0.39, 0.29) is 7.43 Å². The Bertz CT molecular complexity index is 171. The Labute approximate surface area is 55.7 Å². The molecule has 9 heavy (non-hydrogen) atoms. The van der Waals surface area contributed by atoms with Crippen LogP contribution < -0.4 is 0 Å². The molecule has 52 valence electrons. The Kier molecular flexibility index (Phi) is 2.37. The number of nitrogens with zero attached hydrogens (tertiary/aromatic N) is 3. The molecule has 0 bridgehead atoms. The van der Waals surface area contributed by atoms with Gasteiger partial charge in [-0.3, -0.25) is 0 Å². The van der Waals surface area contributed by atoms with E-state index in [1.807, 2.05) is 20.9 Å². The predicted molar refractivity (Wildman–Crippen MR) is 37.2 cm³/mol. The maximum absolute atomic E-state index is 4.02. The first kappa shape index (κ1) is 8.14. The Morgan fingerprint density at radius 2 is 1.44 bits per heavy atom. The van der Waals surface area contributed by atoms with Crippen molar-refractivity contribution in [2.45, 2.75) is 21.3 Å². The van der Waals surface area contributed by atoms with Gasteiger partial charge in [0.15, 0.2) is 0 Å². The van der Waals surface area contributed by atoms with Crippen LogP contribution >= 0.6 is 0 Å². The number of aromatic nitrogens is 3. The Hall–Kier alpha value is -0.860. The lowest BCUT2D eigenvalue weighted by atomic mass is 10.4. The molecular formula is C6H13N3. The van der Waals surface area contributed by atoms with E-state index in [1.54, 1.807) is 4.80 Å². The fourth-order valence-electron chi connectivity index (χ4n) is 0.601. The first-order valence-corrected chi connectivity index (χ1v) is 2.54. The summed E-state index contributed by atoms with van der Waals surface area (Å²) in [6.07, 6.45) is 0. The molecule has 0 spiro atoms. The molecule has 0 saturated carbocycles. The molecule has 0 aromatic carbocycles. The van der Waals surface area contributed by atoms with Crippen LogP contribution in [0.5, 0.6) is 0 Å². The average Bonchev–Trinajstić information content (AvgIpc) is 1.85. The van der Waals surface area contributed by atoms with Crippen molar-refractivity contribution < 1.29 is 0 Å². The summed E-state index contributed by atoms with van der Waals surface area (Å²) in [5.74, 6) is 0. The minimum Gasteiger partial charge on any atom is -0.188 e. The Morgan fingerprint density at radius 3 is 1.56 bits per heavy atom. The third-order valence-electron chi connectivity index (χ3n) is 1.11. The molecule has 0 N–H and O–H groups in total. The highest BCUT2D eigenvalue weighted by Crippen LogP contribution is 1.94. The lowest BCUT2D eigenvalue weighted by Gasteiger charge is -1.77. The van der Waals surface area contributed by atoms with Crippen LogP contribution in [0.3, 0.4) is 0 Å². The summed E-state index contributed by atoms with van der Waals surface area (Å²) in [7, 11) is 1.82. The van der Waals surface area contributed by atoms with Crippen molar-refractivity contribution in [1.29, 1.82) is 0 Å².